The lowest BCUT2D eigenvalue weighted by atomic mass is 10.1. The number of aromatic nitrogens is 2. The monoisotopic (exact) mass is 261 g/mol. The quantitative estimate of drug-likeness (QED) is 0.898. The van der Waals surface area contributed by atoms with Crippen molar-refractivity contribution < 1.29 is 9.13 Å². The van der Waals surface area contributed by atoms with Crippen molar-refractivity contribution in [3.63, 3.8) is 0 Å². The van der Waals surface area contributed by atoms with Crippen LogP contribution in [0.5, 0.6) is 5.88 Å². The first-order chi connectivity index (χ1) is 9.22. The Kier molecular flexibility index (Phi) is 4.28. The smallest absolute Gasteiger partial charge is 0.221 e. The zero-order chi connectivity index (χ0) is 13.7. The van der Waals surface area contributed by atoms with Gasteiger partial charge in [-0.1, -0.05) is 18.2 Å². The number of hydrogen-bond acceptors (Lipinski definition) is 4. The van der Waals surface area contributed by atoms with E-state index in [0.29, 0.717) is 30.2 Å². The van der Waals surface area contributed by atoms with Gasteiger partial charge >= 0.3 is 0 Å². The highest BCUT2D eigenvalue weighted by Gasteiger charge is 2.07. The van der Waals surface area contributed by atoms with E-state index in [9.17, 15) is 4.39 Å². The van der Waals surface area contributed by atoms with Crippen LogP contribution in [0.25, 0.3) is 0 Å². The summed E-state index contributed by atoms with van der Waals surface area (Å²) >= 11 is 0. The molecule has 0 saturated carbocycles. The SMILES string of the molecule is COc1ncnc(NCCc2ccccc2F)c1C. The first-order valence-corrected chi connectivity index (χ1v) is 6.05. The van der Waals surface area contributed by atoms with Gasteiger partial charge in [-0.05, 0) is 25.0 Å². The minimum absolute atomic E-state index is 0.179. The fraction of sp³-hybridized carbons (Fsp3) is 0.286. The summed E-state index contributed by atoms with van der Waals surface area (Å²) in [6, 6.07) is 6.77. The maximum absolute atomic E-state index is 13.4. The topological polar surface area (TPSA) is 47.0 Å². The van der Waals surface area contributed by atoms with Crippen molar-refractivity contribution in [3.8, 4) is 5.88 Å². The Bertz CT molecular complexity index is 560. The number of nitrogens with one attached hydrogen (secondary N) is 1. The first-order valence-electron chi connectivity index (χ1n) is 6.05. The molecule has 1 N–H and O–H groups in total. The van der Waals surface area contributed by atoms with Crippen LogP contribution in [-0.2, 0) is 6.42 Å². The van der Waals surface area contributed by atoms with Crippen LogP contribution >= 0.6 is 0 Å². The van der Waals surface area contributed by atoms with E-state index < -0.39 is 0 Å². The Balaban J connectivity index is 1.98. The van der Waals surface area contributed by atoms with E-state index in [2.05, 4.69) is 15.3 Å². The van der Waals surface area contributed by atoms with E-state index in [4.69, 9.17) is 4.74 Å². The van der Waals surface area contributed by atoms with Crippen LogP contribution in [-0.4, -0.2) is 23.6 Å². The van der Waals surface area contributed by atoms with Crippen LogP contribution in [0.2, 0.25) is 0 Å². The number of methoxy groups -OCH3 is 1. The van der Waals surface area contributed by atoms with Gasteiger partial charge in [0.05, 0.1) is 12.7 Å². The Morgan fingerprint density at radius 2 is 2.05 bits per heavy atom. The first kappa shape index (κ1) is 13.3. The van der Waals surface area contributed by atoms with Crippen molar-refractivity contribution in [1.82, 2.24) is 9.97 Å². The van der Waals surface area contributed by atoms with Crippen LogP contribution in [0.4, 0.5) is 10.2 Å². The lowest BCUT2D eigenvalue weighted by molar-refractivity contribution is 0.393. The Labute approximate surface area is 111 Å². The standard InChI is InChI=1S/C14H16FN3O/c1-10-13(17-9-18-14(10)19-2)16-8-7-11-5-3-4-6-12(11)15/h3-6,9H,7-8H2,1-2H3,(H,16,17,18). The molecule has 1 aromatic heterocycles. The van der Waals surface area contributed by atoms with Gasteiger partial charge in [0.1, 0.15) is 18.0 Å². The molecule has 0 fully saturated rings. The van der Waals surface area contributed by atoms with Gasteiger partial charge in [-0.15, -0.1) is 0 Å². The fourth-order valence-corrected chi connectivity index (χ4v) is 1.83. The van der Waals surface area contributed by atoms with Gasteiger partial charge in [0, 0.05) is 6.54 Å². The second-order valence-electron chi connectivity index (χ2n) is 4.12. The molecule has 1 aromatic carbocycles. The molecule has 1 heterocycles. The fourth-order valence-electron chi connectivity index (χ4n) is 1.83. The van der Waals surface area contributed by atoms with Gasteiger partial charge in [0.15, 0.2) is 0 Å². The summed E-state index contributed by atoms with van der Waals surface area (Å²) in [5.74, 6) is 1.08. The van der Waals surface area contributed by atoms with Crippen LogP contribution in [0.1, 0.15) is 11.1 Å². The molecule has 0 bridgehead atoms. The highest BCUT2D eigenvalue weighted by molar-refractivity contribution is 5.47. The maximum Gasteiger partial charge on any atom is 0.221 e. The van der Waals surface area contributed by atoms with Gasteiger partial charge in [-0.2, -0.15) is 0 Å². The molecule has 0 saturated heterocycles. The predicted molar refractivity (Wildman–Crippen MR) is 71.9 cm³/mol. The largest absolute Gasteiger partial charge is 0.481 e. The Morgan fingerprint density at radius 1 is 1.26 bits per heavy atom. The molecule has 4 nitrogen and oxygen atoms in total. The molecule has 19 heavy (non-hydrogen) atoms. The number of nitrogens with zero attached hydrogens (tertiary/aromatic N) is 2. The lowest BCUT2D eigenvalue weighted by Gasteiger charge is -2.10. The molecule has 100 valence electrons. The lowest BCUT2D eigenvalue weighted by Crippen LogP contribution is -2.09. The van der Waals surface area contributed by atoms with Gasteiger partial charge in [0.2, 0.25) is 5.88 Å². The summed E-state index contributed by atoms with van der Waals surface area (Å²) in [6.45, 7) is 2.48. The van der Waals surface area contributed by atoms with Crippen molar-refractivity contribution in [1.29, 1.82) is 0 Å². The second-order valence-corrected chi connectivity index (χ2v) is 4.12. The average Bonchev–Trinajstić information content (AvgIpc) is 2.43. The number of halogens is 1. The summed E-state index contributed by atoms with van der Waals surface area (Å²) in [7, 11) is 1.57. The predicted octanol–water partition coefficient (Wildman–Crippen LogP) is 2.59. The molecule has 0 radical (unpaired) electrons. The van der Waals surface area contributed by atoms with E-state index in [1.165, 1.54) is 12.4 Å². The highest BCUT2D eigenvalue weighted by atomic mass is 19.1. The molecule has 0 aliphatic rings. The highest BCUT2D eigenvalue weighted by Crippen LogP contribution is 2.19. The Morgan fingerprint density at radius 3 is 2.79 bits per heavy atom. The van der Waals surface area contributed by atoms with Crippen LogP contribution < -0.4 is 10.1 Å². The second kappa shape index (κ2) is 6.13. The van der Waals surface area contributed by atoms with E-state index in [-0.39, 0.29) is 5.82 Å². The summed E-state index contributed by atoms with van der Waals surface area (Å²) in [6.07, 6.45) is 2.04. The molecule has 0 spiro atoms. The Hall–Kier alpha value is -2.17. The van der Waals surface area contributed by atoms with Crippen molar-refractivity contribution in [2.75, 3.05) is 19.0 Å². The van der Waals surface area contributed by atoms with Crippen LogP contribution in [0, 0.1) is 12.7 Å². The van der Waals surface area contributed by atoms with Gasteiger partial charge in [-0.25, -0.2) is 14.4 Å². The molecular formula is C14H16FN3O. The van der Waals surface area contributed by atoms with Gasteiger partial charge in [0.25, 0.3) is 0 Å². The number of ether oxygens (including phenoxy) is 1. The molecular weight excluding hydrogens is 245 g/mol. The third-order valence-corrected chi connectivity index (χ3v) is 2.88. The van der Waals surface area contributed by atoms with Gasteiger partial charge < -0.3 is 10.1 Å². The third kappa shape index (κ3) is 3.19. The minimum Gasteiger partial charge on any atom is -0.481 e. The summed E-state index contributed by atoms with van der Waals surface area (Å²) in [5, 5.41) is 3.17. The normalized spacial score (nSPS) is 10.3. The maximum atomic E-state index is 13.4. The zero-order valence-electron chi connectivity index (χ0n) is 11.0. The average molecular weight is 261 g/mol. The number of hydrogen-bond donors (Lipinski definition) is 1. The van der Waals surface area contributed by atoms with E-state index in [1.54, 1.807) is 19.2 Å². The summed E-state index contributed by atoms with van der Waals surface area (Å²) in [4.78, 5) is 8.15. The van der Waals surface area contributed by atoms with E-state index in [1.807, 2.05) is 13.0 Å². The number of rotatable bonds is 5. The van der Waals surface area contributed by atoms with Crippen molar-refractivity contribution in [2.24, 2.45) is 0 Å². The zero-order valence-corrected chi connectivity index (χ0v) is 11.0. The van der Waals surface area contributed by atoms with Crippen molar-refractivity contribution in [2.45, 2.75) is 13.3 Å². The minimum atomic E-state index is -0.179. The molecule has 0 aliphatic carbocycles. The molecule has 5 heteroatoms. The van der Waals surface area contributed by atoms with Crippen LogP contribution in [0.15, 0.2) is 30.6 Å². The summed E-state index contributed by atoms with van der Waals surface area (Å²) < 4.78 is 18.6. The third-order valence-electron chi connectivity index (χ3n) is 2.88. The molecule has 0 unspecified atom stereocenters. The molecule has 0 aliphatic heterocycles. The molecule has 0 amide bonds. The van der Waals surface area contributed by atoms with Crippen LogP contribution in [0.3, 0.4) is 0 Å². The van der Waals surface area contributed by atoms with Crippen molar-refractivity contribution >= 4 is 5.82 Å². The van der Waals surface area contributed by atoms with E-state index in [0.717, 1.165) is 5.56 Å². The molecule has 2 rings (SSSR count). The number of benzene rings is 1. The van der Waals surface area contributed by atoms with Crippen molar-refractivity contribution in [3.05, 3.63) is 47.5 Å². The van der Waals surface area contributed by atoms with E-state index >= 15 is 0 Å². The number of anilines is 1. The van der Waals surface area contributed by atoms with Gasteiger partial charge in [-0.3, -0.25) is 0 Å². The molecule has 0 atom stereocenters. The summed E-state index contributed by atoms with van der Waals surface area (Å²) in [5.41, 5.74) is 1.53. The molecule has 2 aromatic rings.